The van der Waals surface area contributed by atoms with E-state index in [-0.39, 0.29) is 5.91 Å². The number of benzene rings is 1. The van der Waals surface area contributed by atoms with Crippen molar-refractivity contribution in [3.8, 4) is 0 Å². The van der Waals surface area contributed by atoms with E-state index in [1.54, 1.807) is 6.07 Å². The van der Waals surface area contributed by atoms with Gasteiger partial charge in [0, 0.05) is 10.4 Å². The topological polar surface area (TPSA) is 42.0 Å². The smallest absolute Gasteiger partial charge is 0.257 e. The second kappa shape index (κ2) is 5.32. The molecule has 0 bridgehead atoms. The maximum atomic E-state index is 13.1. The number of fused-ring (bicyclic) bond motifs is 1. The molecule has 0 saturated carbocycles. The van der Waals surface area contributed by atoms with Gasteiger partial charge in [0.1, 0.15) is 5.82 Å². The van der Waals surface area contributed by atoms with Gasteiger partial charge in [-0.3, -0.25) is 10.1 Å². The second-order valence-electron chi connectivity index (χ2n) is 5.20. The predicted octanol–water partition coefficient (Wildman–Crippen LogP) is 3.66. The first-order chi connectivity index (χ1) is 9.61. The average molecular weight is 290 g/mol. The van der Waals surface area contributed by atoms with Crippen LogP contribution in [0.4, 0.5) is 9.52 Å². The van der Waals surface area contributed by atoms with Crippen LogP contribution in [0, 0.1) is 11.7 Å². The first-order valence-corrected chi connectivity index (χ1v) is 7.49. The summed E-state index contributed by atoms with van der Waals surface area (Å²) in [6, 6.07) is 5.66. The van der Waals surface area contributed by atoms with Crippen molar-refractivity contribution >= 4 is 22.4 Å². The van der Waals surface area contributed by atoms with Crippen LogP contribution in [0.2, 0.25) is 0 Å². The molecule has 1 heterocycles. The summed E-state index contributed by atoms with van der Waals surface area (Å²) in [5.41, 5.74) is 1.41. The zero-order valence-corrected chi connectivity index (χ0v) is 12.0. The molecular weight excluding hydrogens is 275 g/mol. The Morgan fingerprint density at radius 2 is 2.35 bits per heavy atom. The monoisotopic (exact) mass is 290 g/mol. The van der Waals surface area contributed by atoms with E-state index in [1.807, 2.05) is 0 Å². The minimum Gasteiger partial charge on any atom is -0.298 e. The van der Waals surface area contributed by atoms with Crippen LogP contribution in [0.3, 0.4) is 0 Å². The Labute approximate surface area is 120 Å². The molecule has 2 aromatic rings. The lowest BCUT2D eigenvalue weighted by Gasteiger charge is -2.15. The van der Waals surface area contributed by atoms with Gasteiger partial charge in [0.15, 0.2) is 5.13 Å². The van der Waals surface area contributed by atoms with Gasteiger partial charge in [-0.15, -0.1) is 11.3 Å². The lowest BCUT2D eigenvalue weighted by Crippen LogP contribution is -2.12. The summed E-state index contributed by atoms with van der Waals surface area (Å²) in [5, 5.41) is 3.37. The van der Waals surface area contributed by atoms with Crippen molar-refractivity contribution in [1.29, 1.82) is 0 Å². The number of aryl methyl sites for hydroxylation is 1. The largest absolute Gasteiger partial charge is 0.298 e. The zero-order valence-electron chi connectivity index (χ0n) is 11.1. The van der Waals surface area contributed by atoms with E-state index in [9.17, 15) is 9.18 Å². The number of amides is 1. The van der Waals surface area contributed by atoms with E-state index in [0.29, 0.717) is 16.6 Å². The number of aromatic nitrogens is 1. The van der Waals surface area contributed by atoms with E-state index in [0.717, 1.165) is 25.0 Å². The number of rotatable bonds is 2. The molecule has 0 unspecified atom stereocenters. The summed E-state index contributed by atoms with van der Waals surface area (Å²) in [4.78, 5) is 17.8. The number of nitrogens with zero attached hydrogens (tertiary/aromatic N) is 1. The average Bonchev–Trinajstić information content (AvgIpc) is 2.80. The summed E-state index contributed by atoms with van der Waals surface area (Å²) in [5.74, 6) is -0.0525. The number of hydrogen-bond acceptors (Lipinski definition) is 3. The summed E-state index contributed by atoms with van der Waals surface area (Å²) >= 11 is 1.53. The fraction of sp³-hybridized carbons (Fsp3) is 0.333. The van der Waals surface area contributed by atoms with Gasteiger partial charge in [-0.05, 0) is 43.4 Å². The Hall–Kier alpha value is -1.75. The molecule has 1 aromatic heterocycles. The zero-order chi connectivity index (χ0) is 14.1. The quantitative estimate of drug-likeness (QED) is 0.917. The third-order valence-corrected chi connectivity index (χ3v) is 4.53. The number of nitrogens with one attached hydrogen (secondary N) is 1. The molecule has 1 N–H and O–H groups in total. The van der Waals surface area contributed by atoms with Gasteiger partial charge in [-0.1, -0.05) is 13.0 Å². The number of carbonyl (C=O) groups excluding carboxylic acids is 1. The van der Waals surface area contributed by atoms with Gasteiger partial charge in [0.25, 0.3) is 5.91 Å². The highest BCUT2D eigenvalue weighted by molar-refractivity contribution is 7.15. The van der Waals surface area contributed by atoms with Gasteiger partial charge in [-0.25, -0.2) is 9.37 Å². The van der Waals surface area contributed by atoms with Gasteiger partial charge in [-0.2, -0.15) is 0 Å². The Kier molecular flexibility index (Phi) is 3.53. The molecule has 3 rings (SSSR count). The molecule has 5 heteroatoms. The maximum absolute atomic E-state index is 13.1. The molecule has 104 valence electrons. The van der Waals surface area contributed by atoms with Crippen LogP contribution in [-0.4, -0.2) is 10.9 Å². The standard InChI is InChI=1S/C15H15FN2OS/c1-9-5-6-12-13(7-9)20-15(17-12)18-14(19)10-3-2-4-11(16)8-10/h2-4,8-9H,5-7H2,1H3,(H,17,18,19)/t9-/m1/s1. The second-order valence-corrected chi connectivity index (χ2v) is 6.28. The van der Waals surface area contributed by atoms with Crippen molar-refractivity contribution in [2.75, 3.05) is 5.32 Å². The van der Waals surface area contributed by atoms with E-state index in [4.69, 9.17) is 0 Å². The lowest BCUT2D eigenvalue weighted by molar-refractivity contribution is 0.102. The first kappa shape index (κ1) is 13.2. The number of halogens is 1. The Morgan fingerprint density at radius 1 is 1.50 bits per heavy atom. The Balaban J connectivity index is 1.77. The Morgan fingerprint density at radius 3 is 3.15 bits per heavy atom. The first-order valence-electron chi connectivity index (χ1n) is 6.67. The highest BCUT2D eigenvalue weighted by Crippen LogP contribution is 2.32. The van der Waals surface area contributed by atoms with Crippen molar-refractivity contribution in [3.63, 3.8) is 0 Å². The lowest BCUT2D eigenvalue weighted by atomic mass is 9.93. The number of thiazole rings is 1. The molecule has 0 aliphatic heterocycles. The molecule has 1 amide bonds. The van der Waals surface area contributed by atoms with Gasteiger partial charge < -0.3 is 0 Å². The number of carbonyl (C=O) groups is 1. The van der Waals surface area contributed by atoms with Crippen LogP contribution in [0.25, 0.3) is 0 Å². The molecule has 0 radical (unpaired) electrons. The molecule has 1 aliphatic rings. The third kappa shape index (κ3) is 2.72. The maximum Gasteiger partial charge on any atom is 0.257 e. The van der Waals surface area contributed by atoms with Crippen LogP contribution >= 0.6 is 11.3 Å². The minimum atomic E-state index is -0.412. The van der Waals surface area contributed by atoms with Crippen LogP contribution in [0.15, 0.2) is 24.3 Å². The molecular formula is C15H15FN2OS. The summed E-state index contributed by atoms with van der Waals surface area (Å²) in [6.07, 6.45) is 3.15. The predicted molar refractivity (Wildman–Crippen MR) is 77.7 cm³/mol. The van der Waals surface area contributed by atoms with Gasteiger partial charge >= 0.3 is 0 Å². The normalized spacial score (nSPS) is 17.6. The number of hydrogen-bond donors (Lipinski definition) is 1. The summed E-state index contributed by atoms with van der Waals surface area (Å²) in [7, 11) is 0. The molecule has 3 nitrogen and oxygen atoms in total. The SMILES string of the molecule is C[C@@H]1CCc2nc(NC(=O)c3cccc(F)c3)sc2C1. The minimum absolute atomic E-state index is 0.312. The van der Waals surface area contributed by atoms with E-state index < -0.39 is 5.82 Å². The van der Waals surface area contributed by atoms with Crippen molar-refractivity contribution in [3.05, 3.63) is 46.2 Å². The van der Waals surface area contributed by atoms with Crippen LogP contribution < -0.4 is 5.32 Å². The highest BCUT2D eigenvalue weighted by atomic mass is 32.1. The van der Waals surface area contributed by atoms with Crippen molar-refractivity contribution in [1.82, 2.24) is 4.98 Å². The molecule has 0 spiro atoms. The Bertz CT molecular complexity index is 653. The molecule has 20 heavy (non-hydrogen) atoms. The third-order valence-electron chi connectivity index (χ3n) is 3.49. The van der Waals surface area contributed by atoms with E-state index in [2.05, 4.69) is 17.2 Å². The van der Waals surface area contributed by atoms with E-state index in [1.165, 1.54) is 34.4 Å². The molecule has 1 atom stereocenters. The van der Waals surface area contributed by atoms with Crippen LogP contribution in [0.1, 0.15) is 34.3 Å². The van der Waals surface area contributed by atoms with Gasteiger partial charge in [0.2, 0.25) is 0 Å². The molecule has 1 aliphatic carbocycles. The highest BCUT2D eigenvalue weighted by Gasteiger charge is 2.20. The van der Waals surface area contributed by atoms with Crippen molar-refractivity contribution in [2.24, 2.45) is 5.92 Å². The van der Waals surface area contributed by atoms with E-state index >= 15 is 0 Å². The molecule has 0 saturated heterocycles. The molecule has 0 fully saturated rings. The molecule has 1 aromatic carbocycles. The van der Waals surface area contributed by atoms with Crippen LogP contribution in [-0.2, 0) is 12.8 Å². The van der Waals surface area contributed by atoms with Crippen molar-refractivity contribution in [2.45, 2.75) is 26.2 Å². The van der Waals surface area contributed by atoms with Gasteiger partial charge in [0.05, 0.1) is 5.69 Å². The number of anilines is 1. The summed E-state index contributed by atoms with van der Waals surface area (Å²) < 4.78 is 13.1. The van der Waals surface area contributed by atoms with Crippen LogP contribution in [0.5, 0.6) is 0 Å². The fourth-order valence-corrected chi connectivity index (χ4v) is 3.56. The fourth-order valence-electron chi connectivity index (χ4n) is 2.39. The van der Waals surface area contributed by atoms with Crippen molar-refractivity contribution < 1.29 is 9.18 Å². The summed E-state index contributed by atoms with van der Waals surface area (Å²) in [6.45, 7) is 2.23.